The summed E-state index contributed by atoms with van der Waals surface area (Å²) in [6, 6.07) is 5.86. The molecule has 0 N–H and O–H groups in total. The van der Waals surface area contributed by atoms with Gasteiger partial charge in [0, 0.05) is 12.0 Å². The Labute approximate surface area is 96.6 Å². The molecule has 2 rings (SSSR count). The van der Waals surface area contributed by atoms with Crippen LogP contribution in [0.15, 0.2) is 18.2 Å². The number of hydrogen-bond donors (Lipinski definition) is 0. The van der Waals surface area contributed by atoms with Crippen LogP contribution < -0.4 is 4.74 Å². The quantitative estimate of drug-likeness (QED) is 0.712. The zero-order valence-electron chi connectivity index (χ0n) is 9.95. The van der Waals surface area contributed by atoms with E-state index < -0.39 is 0 Å². The average molecular weight is 218 g/mol. The molecule has 0 saturated heterocycles. The number of carbonyl (C=O) groups is 1. The summed E-state index contributed by atoms with van der Waals surface area (Å²) in [7, 11) is 1.64. The minimum Gasteiger partial charge on any atom is -0.497 e. The first-order valence-electron chi connectivity index (χ1n) is 5.94. The summed E-state index contributed by atoms with van der Waals surface area (Å²) in [5, 5.41) is 0. The average Bonchev–Trinajstić information content (AvgIpc) is 2.48. The standard InChI is InChI=1S/C14H18O2/c1-3-10-4-5-11-6-7-12(16-2)9-13(11)14(15)8-10/h6-7,9-10H,3-5,8H2,1-2H3. The van der Waals surface area contributed by atoms with Crippen LogP contribution in [0.1, 0.15) is 42.1 Å². The van der Waals surface area contributed by atoms with Crippen LogP contribution in [-0.2, 0) is 6.42 Å². The lowest BCUT2D eigenvalue weighted by Gasteiger charge is -2.08. The molecule has 0 amide bonds. The fourth-order valence-corrected chi connectivity index (χ4v) is 2.34. The third kappa shape index (κ3) is 2.11. The number of ether oxygens (including phenoxy) is 1. The molecule has 86 valence electrons. The van der Waals surface area contributed by atoms with E-state index in [2.05, 4.69) is 6.92 Å². The van der Waals surface area contributed by atoms with Gasteiger partial charge in [-0.2, -0.15) is 0 Å². The molecule has 0 saturated carbocycles. The Morgan fingerprint density at radius 3 is 2.94 bits per heavy atom. The Hall–Kier alpha value is -1.31. The Bertz CT molecular complexity index is 396. The third-order valence-corrected chi connectivity index (χ3v) is 3.49. The van der Waals surface area contributed by atoms with Crippen LogP contribution in [0.25, 0.3) is 0 Å². The van der Waals surface area contributed by atoms with E-state index in [0.717, 1.165) is 30.6 Å². The Balaban J connectivity index is 2.34. The Morgan fingerprint density at radius 1 is 1.44 bits per heavy atom. The molecule has 2 nitrogen and oxygen atoms in total. The highest BCUT2D eigenvalue weighted by molar-refractivity contribution is 5.98. The van der Waals surface area contributed by atoms with Crippen molar-refractivity contribution >= 4 is 5.78 Å². The van der Waals surface area contributed by atoms with Crippen LogP contribution in [0, 0.1) is 5.92 Å². The van der Waals surface area contributed by atoms with Gasteiger partial charge in [-0.15, -0.1) is 0 Å². The molecular weight excluding hydrogens is 200 g/mol. The van der Waals surface area contributed by atoms with E-state index in [1.807, 2.05) is 18.2 Å². The van der Waals surface area contributed by atoms with Gasteiger partial charge in [0.25, 0.3) is 0 Å². The van der Waals surface area contributed by atoms with Crippen molar-refractivity contribution in [3.8, 4) is 5.75 Å². The lowest BCUT2D eigenvalue weighted by molar-refractivity contribution is 0.0962. The highest BCUT2D eigenvalue weighted by Crippen LogP contribution is 2.28. The maximum atomic E-state index is 12.1. The van der Waals surface area contributed by atoms with Crippen molar-refractivity contribution in [3.05, 3.63) is 29.3 Å². The smallest absolute Gasteiger partial charge is 0.163 e. The molecule has 0 heterocycles. The number of carbonyl (C=O) groups excluding carboxylic acids is 1. The minimum absolute atomic E-state index is 0.276. The van der Waals surface area contributed by atoms with E-state index in [1.165, 1.54) is 5.56 Å². The molecule has 1 aromatic rings. The molecule has 0 aliphatic heterocycles. The normalized spacial score (nSPS) is 20.1. The third-order valence-electron chi connectivity index (χ3n) is 3.49. The van der Waals surface area contributed by atoms with Gasteiger partial charge in [-0.25, -0.2) is 0 Å². The number of Topliss-reactive ketones (excluding diaryl/α,β-unsaturated/α-hetero) is 1. The fourth-order valence-electron chi connectivity index (χ4n) is 2.34. The zero-order chi connectivity index (χ0) is 11.5. The van der Waals surface area contributed by atoms with Crippen molar-refractivity contribution in [2.45, 2.75) is 32.6 Å². The molecule has 1 aromatic carbocycles. The molecule has 1 aliphatic rings. The molecule has 1 aliphatic carbocycles. The SMILES string of the molecule is CCC1CCc2ccc(OC)cc2C(=O)C1. The molecule has 0 fully saturated rings. The van der Waals surface area contributed by atoms with Crippen molar-refractivity contribution < 1.29 is 9.53 Å². The molecule has 0 aromatic heterocycles. The number of hydrogen-bond acceptors (Lipinski definition) is 2. The predicted molar refractivity (Wildman–Crippen MR) is 64.0 cm³/mol. The predicted octanol–water partition coefficient (Wildman–Crippen LogP) is 3.24. The summed E-state index contributed by atoms with van der Waals surface area (Å²) < 4.78 is 5.17. The van der Waals surface area contributed by atoms with Crippen molar-refractivity contribution in [1.29, 1.82) is 0 Å². The minimum atomic E-state index is 0.276. The first kappa shape index (κ1) is 11.2. The highest BCUT2D eigenvalue weighted by Gasteiger charge is 2.21. The molecule has 0 bridgehead atoms. The largest absolute Gasteiger partial charge is 0.497 e. The van der Waals surface area contributed by atoms with Crippen LogP contribution in [-0.4, -0.2) is 12.9 Å². The van der Waals surface area contributed by atoms with Crippen LogP contribution >= 0.6 is 0 Å². The van der Waals surface area contributed by atoms with Crippen molar-refractivity contribution in [1.82, 2.24) is 0 Å². The number of ketones is 1. The topological polar surface area (TPSA) is 26.3 Å². The van der Waals surface area contributed by atoms with Crippen molar-refractivity contribution in [3.63, 3.8) is 0 Å². The second-order valence-electron chi connectivity index (χ2n) is 4.46. The zero-order valence-corrected chi connectivity index (χ0v) is 9.95. The maximum absolute atomic E-state index is 12.1. The van der Waals surface area contributed by atoms with E-state index in [4.69, 9.17) is 4.74 Å². The molecule has 1 atom stereocenters. The van der Waals surface area contributed by atoms with Crippen LogP contribution in [0.2, 0.25) is 0 Å². The van der Waals surface area contributed by atoms with E-state index >= 15 is 0 Å². The monoisotopic (exact) mass is 218 g/mol. The summed E-state index contributed by atoms with van der Waals surface area (Å²) >= 11 is 0. The lowest BCUT2D eigenvalue weighted by atomic mass is 9.96. The van der Waals surface area contributed by atoms with Gasteiger partial charge in [-0.05, 0) is 36.5 Å². The van der Waals surface area contributed by atoms with E-state index in [0.29, 0.717) is 12.3 Å². The van der Waals surface area contributed by atoms with E-state index in [1.54, 1.807) is 7.11 Å². The van der Waals surface area contributed by atoms with Gasteiger partial charge in [-0.3, -0.25) is 4.79 Å². The molecule has 1 unspecified atom stereocenters. The van der Waals surface area contributed by atoms with E-state index in [-0.39, 0.29) is 5.78 Å². The number of fused-ring (bicyclic) bond motifs is 1. The summed E-state index contributed by atoms with van der Waals surface area (Å²) in [5.41, 5.74) is 2.05. The molecule has 0 radical (unpaired) electrons. The summed E-state index contributed by atoms with van der Waals surface area (Å²) in [6.45, 7) is 2.16. The van der Waals surface area contributed by atoms with Crippen LogP contribution in [0.3, 0.4) is 0 Å². The second kappa shape index (κ2) is 4.69. The van der Waals surface area contributed by atoms with Gasteiger partial charge in [0.05, 0.1) is 7.11 Å². The number of methoxy groups -OCH3 is 1. The van der Waals surface area contributed by atoms with Crippen molar-refractivity contribution in [2.24, 2.45) is 5.92 Å². The number of benzene rings is 1. The first-order chi connectivity index (χ1) is 7.74. The summed E-state index contributed by atoms with van der Waals surface area (Å²) in [4.78, 5) is 12.1. The van der Waals surface area contributed by atoms with Crippen molar-refractivity contribution in [2.75, 3.05) is 7.11 Å². The van der Waals surface area contributed by atoms with Gasteiger partial charge in [-0.1, -0.05) is 19.4 Å². The van der Waals surface area contributed by atoms with Gasteiger partial charge in [0.15, 0.2) is 5.78 Å². The summed E-state index contributed by atoms with van der Waals surface area (Å²) in [6.07, 6.45) is 3.93. The molecular formula is C14H18O2. The fraction of sp³-hybridized carbons (Fsp3) is 0.500. The summed E-state index contributed by atoms with van der Waals surface area (Å²) in [5.74, 6) is 1.60. The van der Waals surface area contributed by atoms with E-state index in [9.17, 15) is 4.79 Å². The molecule has 0 spiro atoms. The van der Waals surface area contributed by atoms with Gasteiger partial charge in [0.1, 0.15) is 5.75 Å². The number of aryl methyl sites for hydroxylation is 1. The molecule has 2 heteroatoms. The Morgan fingerprint density at radius 2 is 2.25 bits per heavy atom. The van der Waals surface area contributed by atoms with Gasteiger partial charge < -0.3 is 4.74 Å². The Kier molecular flexibility index (Phi) is 3.28. The number of rotatable bonds is 2. The van der Waals surface area contributed by atoms with Gasteiger partial charge in [0.2, 0.25) is 0 Å². The van der Waals surface area contributed by atoms with Crippen LogP contribution in [0.5, 0.6) is 5.75 Å². The highest BCUT2D eigenvalue weighted by atomic mass is 16.5. The first-order valence-corrected chi connectivity index (χ1v) is 5.94. The second-order valence-corrected chi connectivity index (χ2v) is 4.46. The lowest BCUT2D eigenvalue weighted by Crippen LogP contribution is -2.05. The van der Waals surface area contributed by atoms with Crippen LogP contribution in [0.4, 0.5) is 0 Å². The maximum Gasteiger partial charge on any atom is 0.163 e. The molecule has 16 heavy (non-hydrogen) atoms. The van der Waals surface area contributed by atoms with Gasteiger partial charge >= 0.3 is 0 Å².